The number of ether oxygens (including phenoxy) is 1. The number of hydrogen-bond donors (Lipinski definition) is 2. The summed E-state index contributed by atoms with van der Waals surface area (Å²) in [5.41, 5.74) is 0.289. The average molecular weight is 479 g/mol. The van der Waals surface area contributed by atoms with Crippen molar-refractivity contribution in [1.29, 1.82) is 0 Å². The van der Waals surface area contributed by atoms with Crippen LogP contribution in [0, 0.1) is 17.5 Å². The molecule has 0 saturated heterocycles. The van der Waals surface area contributed by atoms with Crippen LogP contribution in [0.15, 0.2) is 41.6 Å². The number of carbonyl (C=O) groups excluding carboxylic acids is 2. The van der Waals surface area contributed by atoms with Crippen molar-refractivity contribution in [2.45, 2.75) is 17.3 Å². The molecule has 0 aliphatic heterocycles. The summed E-state index contributed by atoms with van der Waals surface area (Å²) < 4.78 is 46.7. The van der Waals surface area contributed by atoms with E-state index in [2.05, 4.69) is 20.8 Å². The number of benzene rings is 2. The third-order valence-electron chi connectivity index (χ3n) is 4.57. The molecule has 1 aromatic heterocycles. The summed E-state index contributed by atoms with van der Waals surface area (Å²) in [5.74, 6) is -4.56. The fraction of sp³-hybridized carbons (Fsp3) is 0.238. The van der Waals surface area contributed by atoms with Gasteiger partial charge in [0.25, 0.3) is 0 Å². The van der Waals surface area contributed by atoms with Gasteiger partial charge in [-0.25, -0.2) is 13.2 Å². The van der Waals surface area contributed by atoms with Gasteiger partial charge in [0, 0.05) is 12.6 Å². The van der Waals surface area contributed by atoms with Crippen LogP contribution in [0.3, 0.4) is 0 Å². The van der Waals surface area contributed by atoms with Crippen molar-refractivity contribution in [3.8, 4) is 17.1 Å². The quantitative estimate of drug-likeness (QED) is 0.381. The Kier molecular flexibility index (Phi) is 7.59. The van der Waals surface area contributed by atoms with Crippen molar-refractivity contribution in [2.24, 2.45) is 7.05 Å². The Balaban J connectivity index is 1.56. The number of hydrogen-bond acceptors (Lipinski definition) is 6. The maximum atomic E-state index is 13.7. The van der Waals surface area contributed by atoms with E-state index in [1.165, 1.54) is 0 Å². The molecule has 33 heavy (non-hydrogen) atoms. The molecular weight excluding hydrogens is 459 g/mol. The molecule has 0 aliphatic carbocycles. The Morgan fingerprint density at radius 1 is 1.09 bits per heavy atom. The zero-order valence-electron chi connectivity index (χ0n) is 17.9. The van der Waals surface area contributed by atoms with E-state index in [1.807, 2.05) is 12.1 Å². The van der Waals surface area contributed by atoms with Crippen molar-refractivity contribution in [3.63, 3.8) is 0 Å². The minimum absolute atomic E-state index is 0.477. The summed E-state index contributed by atoms with van der Waals surface area (Å²) in [4.78, 5) is 24.3. The van der Waals surface area contributed by atoms with Crippen molar-refractivity contribution in [3.05, 3.63) is 53.8 Å². The highest BCUT2D eigenvalue weighted by molar-refractivity contribution is 8.00. The molecule has 0 bridgehead atoms. The molecule has 2 N–H and O–H groups in total. The van der Waals surface area contributed by atoms with Gasteiger partial charge in [-0.3, -0.25) is 9.59 Å². The summed E-state index contributed by atoms with van der Waals surface area (Å²) >= 11 is 1.13. The molecule has 3 aromatic rings. The average Bonchev–Trinajstić information content (AvgIpc) is 3.17. The molecule has 8 nitrogen and oxygen atoms in total. The molecule has 12 heteroatoms. The monoisotopic (exact) mass is 479 g/mol. The number of aromatic nitrogens is 3. The van der Waals surface area contributed by atoms with E-state index in [0.29, 0.717) is 22.8 Å². The van der Waals surface area contributed by atoms with Gasteiger partial charge in [-0.2, -0.15) is 0 Å². The Morgan fingerprint density at radius 2 is 1.79 bits per heavy atom. The van der Waals surface area contributed by atoms with Crippen LogP contribution in [0.4, 0.5) is 18.9 Å². The molecule has 0 aliphatic rings. The first-order chi connectivity index (χ1) is 15.7. The van der Waals surface area contributed by atoms with Crippen LogP contribution in [0.25, 0.3) is 11.4 Å². The van der Waals surface area contributed by atoms with Crippen LogP contribution >= 0.6 is 11.8 Å². The van der Waals surface area contributed by atoms with E-state index in [4.69, 9.17) is 4.74 Å². The Bertz CT molecular complexity index is 1170. The standard InChI is InChI=1S/C21H20F3N5O3S/c1-11(20(31)25-10-16(30)26-15-9-8-14(22)17(23)18(15)24)33-21-28-27-19(29(21)2)12-4-6-13(32-3)7-5-12/h4-9,11H,10H2,1-3H3,(H,25,31)(H,26,30). The third kappa shape index (κ3) is 5.64. The van der Waals surface area contributed by atoms with Crippen LogP contribution in [0.5, 0.6) is 5.75 Å². The lowest BCUT2D eigenvalue weighted by molar-refractivity contribution is -0.123. The predicted molar refractivity (Wildman–Crippen MR) is 116 cm³/mol. The van der Waals surface area contributed by atoms with E-state index < -0.39 is 46.7 Å². The second-order valence-corrected chi connectivity index (χ2v) is 8.15. The highest BCUT2D eigenvalue weighted by Gasteiger charge is 2.21. The largest absolute Gasteiger partial charge is 0.497 e. The molecule has 1 heterocycles. The Labute approximate surface area is 191 Å². The van der Waals surface area contributed by atoms with Crippen LogP contribution in [-0.2, 0) is 16.6 Å². The van der Waals surface area contributed by atoms with Gasteiger partial charge in [-0.1, -0.05) is 11.8 Å². The highest BCUT2D eigenvalue weighted by atomic mass is 32.2. The molecule has 3 rings (SSSR count). The zero-order valence-corrected chi connectivity index (χ0v) is 18.7. The van der Waals surface area contributed by atoms with Crippen LogP contribution < -0.4 is 15.4 Å². The number of carbonyl (C=O) groups is 2. The van der Waals surface area contributed by atoms with E-state index in [0.717, 1.165) is 23.4 Å². The van der Waals surface area contributed by atoms with Gasteiger partial charge in [-0.05, 0) is 43.3 Å². The minimum Gasteiger partial charge on any atom is -0.497 e. The number of halogens is 3. The molecule has 1 unspecified atom stereocenters. The highest BCUT2D eigenvalue weighted by Crippen LogP contribution is 2.26. The molecule has 174 valence electrons. The van der Waals surface area contributed by atoms with Crippen molar-refractivity contribution < 1.29 is 27.5 Å². The molecule has 1 atom stereocenters. The van der Waals surface area contributed by atoms with Gasteiger partial charge < -0.3 is 19.9 Å². The summed E-state index contributed by atoms with van der Waals surface area (Å²) in [6, 6.07) is 8.84. The van der Waals surface area contributed by atoms with Gasteiger partial charge >= 0.3 is 0 Å². The lowest BCUT2D eigenvalue weighted by Gasteiger charge is -2.12. The minimum atomic E-state index is -1.69. The maximum absolute atomic E-state index is 13.7. The first-order valence-corrected chi connectivity index (χ1v) is 10.5. The first kappa shape index (κ1) is 24.1. The lowest BCUT2D eigenvalue weighted by Crippen LogP contribution is -2.37. The molecule has 0 spiro atoms. The SMILES string of the molecule is COc1ccc(-c2nnc(SC(C)C(=O)NCC(=O)Nc3ccc(F)c(F)c3F)n2C)cc1. The molecular formula is C21H20F3N5O3S. The van der Waals surface area contributed by atoms with Crippen molar-refractivity contribution in [1.82, 2.24) is 20.1 Å². The maximum Gasteiger partial charge on any atom is 0.243 e. The number of nitrogens with zero attached hydrogens (tertiary/aromatic N) is 3. The Morgan fingerprint density at radius 3 is 2.45 bits per heavy atom. The first-order valence-electron chi connectivity index (χ1n) is 9.62. The Hall–Kier alpha value is -3.54. The summed E-state index contributed by atoms with van der Waals surface area (Å²) in [6.07, 6.45) is 0. The topological polar surface area (TPSA) is 98.1 Å². The number of thioether (sulfide) groups is 1. The molecule has 0 fully saturated rings. The predicted octanol–water partition coefficient (Wildman–Crippen LogP) is 3.14. The van der Waals surface area contributed by atoms with Gasteiger partial charge in [-0.15, -0.1) is 10.2 Å². The van der Waals surface area contributed by atoms with E-state index in [9.17, 15) is 22.8 Å². The number of rotatable bonds is 8. The molecule has 0 radical (unpaired) electrons. The van der Waals surface area contributed by atoms with Crippen LogP contribution in [0.1, 0.15) is 6.92 Å². The number of anilines is 1. The van der Waals surface area contributed by atoms with E-state index in [-0.39, 0.29) is 0 Å². The van der Waals surface area contributed by atoms with Gasteiger partial charge in [0.1, 0.15) is 5.75 Å². The van der Waals surface area contributed by atoms with Gasteiger partial charge in [0.15, 0.2) is 28.4 Å². The smallest absolute Gasteiger partial charge is 0.243 e. The molecule has 2 aromatic carbocycles. The lowest BCUT2D eigenvalue weighted by atomic mass is 10.2. The number of nitrogens with one attached hydrogen (secondary N) is 2. The third-order valence-corrected chi connectivity index (χ3v) is 5.70. The zero-order chi connectivity index (χ0) is 24.1. The van der Waals surface area contributed by atoms with Crippen molar-refractivity contribution in [2.75, 3.05) is 19.0 Å². The summed E-state index contributed by atoms with van der Waals surface area (Å²) in [6.45, 7) is 1.13. The second-order valence-electron chi connectivity index (χ2n) is 6.84. The molecule has 0 saturated carbocycles. The van der Waals surface area contributed by atoms with E-state index in [1.54, 1.807) is 37.8 Å². The van der Waals surface area contributed by atoms with Gasteiger partial charge in [0.2, 0.25) is 11.8 Å². The summed E-state index contributed by atoms with van der Waals surface area (Å²) in [7, 11) is 3.33. The van der Waals surface area contributed by atoms with Gasteiger partial charge in [0.05, 0.1) is 24.6 Å². The summed E-state index contributed by atoms with van der Waals surface area (Å²) in [5, 5.41) is 12.6. The fourth-order valence-electron chi connectivity index (χ4n) is 2.75. The van der Waals surface area contributed by atoms with Crippen molar-refractivity contribution >= 4 is 29.3 Å². The van der Waals surface area contributed by atoms with E-state index >= 15 is 0 Å². The fourth-order valence-corrected chi connectivity index (χ4v) is 3.59. The van der Waals surface area contributed by atoms with Crippen LogP contribution in [-0.4, -0.2) is 45.5 Å². The van der Waals surface area contributed by atoms with Crippen LogP contribution in [0.2, 0.25) is 0 Å². The normalized spacial score (nSPS) is 11.7. The molecule has 2 amide bonds. The number of amides is 2. The second kappa shape index (κ2) is 10.4. The number of methoxy groups -OCH3 is 1.